The highest BCUT2D eigenvalue weighted by Gasteiger charge is 2.19. The third-order valence-corrected chi connectivity index (χ3v) is 5.28. The molecule has 0 saturated carbocycles. The molecule has 31 heavy (non-hydrogen) atoms. The van der Waals surface area contributed by atoms with Crippen LogP contribution in [0.15, 0.2) is 30.7 Å². The van der Waals surface area contributed by atoms with Crippen LogP contribution >= 0.6 is 0 Å². The van der Waals surface area contributed by atoms with Gasteiger partial charge in [-0.1, -0.05) is 0 Å². The molecule has 160 valence electrons. The molecule has 0 bridgehead atoms. The Balaban J connectivity index is 1.51. The number of aryl methyl sites for hydroxylation is 1. The van der Waals surface area contributed by atoms with Gasteiger partial charge in [-0.2, -0.15) is 15.2 Å². The smallest absolute Gasteiger partial charge is 0.229 e. The van der Waals surface area contributed by atoms with Crippen molar-refractivity contribution in [3.63, 3.8) is 0 Å². The van der Waals surface area contributed by atoms with Crippen molar-refractivity contribution in [1.82, 2.24) is 35.3 Å². The summed E-state index contributed by atoms with van der Waals surface area (Å²) in [5, 5.41) is 18.0. The number of rotatable bonds is 5. The zero-order valence-corrected chi connectivity index (χ0v) is 16.9. The first kappa shape index (κ1) is 19.4. The second-order valence-corrected chi connectivity index (χ2v) is 7.47. The standard InChI is InChI=1S/C20H21F2N9/c1-30-11-13(9-25-30)26-20-27-17(15-10-24-29-19(15)28-20)7-12-6-14(8-16(21)18(12)22)31-4-2-23-3-5-31/h6,8-11,23H,2-5,7H2,1H3,(H2,24,26,27,28,29). The van der Waals surface area contributed by atoms with E-state index < -0.39 is 11.6 Å². The molecule has 1 fully saturated rings. The predicted octanol–water partition coefficient (Wildman–Crippen LogP) is 2.11. The number of nitrogens with one attached hydrogen (secondary N) is 3. The minimum Gasteiger partial charge on any atom is -0.369 e. The molecule has 4 heterocycles. The molecule has 1 aliphatic rings. The van der Waals surface area contributed by atoms with Crippen LogP contribution in [0.4, 0.5) is 26.1 Å². The molecule has 0 unspecified atom stereocenters. The second kappa shape index (κ2) is 7.91. The molecule has 3 N–H and O–H groups in total. The SMILES string of the molecule is Cn1cc(Nc2nc(Cc3cc(N4CCNCC4)cc(F)c3F)c3cn[nH]c3n2)cn1. The van der Waals surface area contributed by atoms with Gasteiger partial charge in [0.05, 0.1) is 29.2 Å². The summed E-state index contributed by atoms with van der Waals surface area (Å²) in [7, 11) is 1.80. The van der Waals surface area contributed by atoms with E-state index in [2.05, 4.69) is 35.9 Å². The van der Waals surface area contributed by atoms with Gasteiger partial charge in [0.25, 0.3) is 0 Å². The lowest BCUT2D eigenvalue weighted by Gasteiger charge is -2.30. The van der Waals surface area contributed by atoms with Gasteiger partial charge in [0.1, 0.15) is 0 Å². The third-order valence-electron chi connectivity index (χ3n) is 5.28. The van der Waals surface area contributed by atoms with Crippen LogP contribution in [0.3, 0.4) is 0 Å². The Morgan fingerprint density at radius 2 is 1.97 bits per heavy atom. The first-order chi connectivity index (χ1) is 15.1. The Labute approximate surface area is 176 Å². The third kappa shape index (κ3) is 3.91. The van der Waals surface area contributed by atoms with Crippen molar-refractivity contribution in [3.8, 4) is 0 Å². The van der Waals surface area contributed by atoms with Crippen molar-refractivity contribution < 1.29 is 8.78 Å². The van der Waals surface area contributed by atoms with Gasteiger partial charge in [0.15, 0.2) is 17.3 Å². The minimum atomic E-state index is -0.865. The summed E-state index contributed by atoms with van der Waals surface area (Å²) in [5.74, 6) is -1.41. The van der Waals surface area contributed by atoms with E-state index in [0.29, 0.717) is 34.1 Å². The lowest BCUT2D eigenvalue weighted by molar-refractivity contribution is 0.499. The predicted molar refractivity (Wildman–Crippen MR) is 112 cm³/mol. The first-order valence-corrected chi connectivity index (χ1v) is 9.96. The number of hydrogen-bond donors (Lipinski definition) is 3. The van der Waals surface area contributed by atoms with E-state index in [1.165, 1.54) is 6.07 Å². The quantitative estimate of drug-likeness (QED) is 0.450. The number of hydrogen-bond acceptors (Lipinski definition) is 7. The number of nitrogens with zero attached hydrogens (tertiary/aromatic N) is 6. The number of H-pyrrole nitrogens is 1. The number of halogens is 2. The van der Waals surface area contributed by atoms with Crippen LogP contribution in [0, 0.1) is 11.6 Å². The molecule has 1 aromatic carbocycles. The Bertz CT molecular complexity index is 1230. The van der Waals surface area contributed by atoms with E-state index in [1.54, 1.807) is 36.4 Å². The zero-order chi connectivity index (χ0) is 21.4. The maximum Gasteiger partial charge on any atom is 0.229 e. The molecule has 0 radical (unpaired) electrons. The highest BCUT2D eigenvalue weighted by Crippen LogP contribution is 2.27. The van der Waals surface area contributed by atoms with Gasteiger partial charge in [-0.05, 0) is 11.6 Å². The summed E-state index contributed by atoms with van der Waals surface area (Å²) in [6.45, 7) is 3.09. The monoisotopic (exact) mass is 425 g/mol. The molecular weight excluding hydrogens is 404 g/mol. The highest BCUT2D eigenvalue weighted by molar-refractivity contribution is 5.78. The number of benzene rings is 1. The van der Waals surface area contributed by atoms with Crippen molar-refractivity contribution in [2.45, 2.75) is 6.42 Å². The van der Waals surface area contributed by atoms with Crippen LogP contribution < -0.4 is 15.5 Å². The van der Waals surface area contributed by atoms with E-state index in [9.17, 15) is 8.78 Å². The molecule has 9 nitrogen and oxygen atoms in total. The molecule has 3 aromatic heterocycles. The van der Waals surface area contributed by atoms with Crippen LogP contribution in [0.5, 0.6) is 0 Å². The van der Waals surface area contributed by atoms with E-state index in [1.807, 2.05) is 4.90 Å². The van der Waals surface area contributed by atoms with Crippen LogP contribution in [0.25, 0.3) is 11.0 Å². The van der Waals surface area contributed by atoms with Gasteiger partial charge < -0.3 is 15.5 Å². The van der Waals surface area contributed by atoms with Gasteiger partial charge in [-0.25, -0.2) is 13.8 Å². The molecule has 1 saturated heterocycles. The fourth-order valence-corrected chi connectivity index (χ4v) is 3.74. The Kier molecular flexibility index (Phi) is 4.94. The number of aromatic nitrogens is 6. The van der Waals surface area contributed by atoms with Crippen molar-refractivity contribution in [3.05, 3.63) is 53.6 Å². The van der Waals surface area contributed by atoms with E-state index in [4.69, 9.17) is 0 Å². The lowest BCUT2D eigenvalue weighted by Crippen LogP contribution is -2.43. The summed E-state index contributed by atoms with van der Waals surface area (Å²) in [6, 6.07) is 2.96. The van der Waals surface area contributed by atoms with E-state index >= 15 is 0 Å². The van der Waals surface area contributed by atoms with Crippen molar-refractivity contribution in [2.75, 3.05) is 36.4 Å². The van der Waals surface area contributed by atoms with Crippen molar-refractivity contribution in [2.24, 2.45) is 7.05 Å². The fraction of sp³-hybridized carbons (Fsp3) is 0.300. The Hall–Kier alpha value is -3.60. The number of aromatic amines is 1. The summed E-state index contributed by atoms with van der Waals surface area (Å²) in [4.78, 5) is 11.0. The van der Waals surface area contributed by atoms with Gasteiger partial charge in [0.2, 0.25) is 5.95 Å². The molecule has 1 aliphatic heterocycles. The van der Waals surface area contributed by atoms with Gasteiger partial charge in [-0.3, -0.25) is 9.78 Å². The average Bonchev–Trinajstić information content (AvgIpc) is 3.40. The molecule has 0 spiro atoms. The average molecular weight is 425 g/mol. The molecule has 5 rings (SSSR count). The molecule has 0 aliphatic carbocycles. The van der Waals surface area contributed by atoms with Crippen LogP contribution in [0.2, 0.25) is 0 Å². The maximum absolute atomic E-state index is 14.7. The summed E-state index contributed by atoms with van der Waals surface area (Å²) in [6.07, 6.45) is 5.12. The maximum atomic E-state index is 14.7. The second-order valence-electron chi connectivity index (χ2n) is 7.47. The van der Waals surface area contributed by atoms with Gasteiger partial charge in [0, 0.05) is 57.6 Å². The molecule has 0 atom stereocenters. The zero-order valence-electron chi connectivity index (χ0n) is 16.9. The largest absolute Gasteiger partial charge is 0.369 e. The Morgan fingerprint density at radius 3 is 2.74 bits per heavy atom. The molecular formula is C20H21F2N9. The first-order valence-electron chi connectivity index (χ1n) is 9.96. The Morgan fingerprint density at radius 1 is 1.13 bits per heavy atom. The summed E-state index contributed by atoms with van der Waals surface area (Å²) in [5.41, 5.74) is 2.67. The normalized spacial score (nSPS) is 14.4. The molecule has 4 aromatic rings. The number of anilines is 3. The van der Waals surface area contributed by atoms with Crippen LogP contribution in [-0.4, -0.2) is 56.1 Å². The van der Waals surface area contributed by atoms with Gasteiger partial charge in [-0.15, -0.1) is 0 Å². The van der Waals surface area contributed by atoms with E-state index in [-0.39, 0.29) is 12.0 Å². The summed E-state index contributed by atoms with van der Waals surface area (Å²) < 4.78 is 30.8. The fourth-order valence-electron chi connectivity index (χ4n) is 3.74. The minimum absolute atomic E-state index is 0.100. The van der Waals surface area contributed by atoms with Gasteiger partial charge >= 0.3 is 0 Å². The lowest BCUT2D eigenvalue weighted by atomic mass is 10.1. The topological polar surface area (TPSA) is 99.6 Å². The number of fused-ring (bicyclic) bond motifs is 1. The molecule has 11 heteroatoms. The van der Waals surface area contributed by atoms with Crippen LogP contribution in [0.1, 0.15) is 11.3 Å². The van der Waals surface area contributed by atoms with Crippen molar-refractivity contribution >= 4 is 28.4 Å². The highest BCUT2D eigenvalue weighted by atomic mass is 19.2. The summed E-state index contributed by atoms with van der Waals surface area (Å²) >= 11 is 0. The van der Waals surface area contributed by atoms with Crippen molar-refractivity contribution in [1.29, 1.82) is 0 Å². The van der Waals surface area contributed by atoms with E-state index in [0.717, 1.165) is 26.2 Å². The van der Waals surface area contributed by atoms with Crippen LogP contribution in [-0.2, 0) is 13.5 Å². The molecule has 0 amide bonds. The number of piperazine rings is 1.